The highest BCUT2D eigenvalue weighted by Gasteiger charge is 2.43. The van der Waals surface area contributed by atoms with Crippen molar-refractivity contribution < 1.29 is 34.7 Å². The lowest BCUT2D eigenvalue weighted by Gasteiger charge is -2.40. The van der Waals surface area contributed by atoms with Gasteiger partial charge in [0.05, 0.1) is 0 Å². The number of halogens is 3. The maximum absolute atomic E-state index is 13.5. The van der Waals surface area contributed by atoms with Crippen LogP contribution < -0.4 is 14.4 Å². The van der Waals surface area contributed by atoms with E-state index in [4.69, 9.17) is 13.1 Å². The predicted molar refractivity (Wildman–Crippen MR) is 158 cm³/mol. The first kappa shape index (κ1) is 32.6. The van der Waals surface area contributed by atoms with Gasteiger partial charge in [-0.15, -0.1) is 0 Å². The SMILES string of the molecule is CN(C)c1ccc(S(OS(=O)(=O)CC(F)(F)F)(c2cccc(OC(C)(C)C)c2)c2cccc(OC(C)(C)C)c2)cc1. The molecule has 0 aliphatic rings. The van der Waals surface area contributed by atoms with Gasteiger partial charge in [0, 0.05) is 34.5 Å². The number of nitrogens with zero attached hydrogens (tertiary/aromatic N) is 1. The summed E-state index contributed by atoms with van der Waals surface area (Å²) in [4.78, 5) is 2.93. The van der Waals surface area contributed by atoms with Crippen molar-refractivity contribution in [3.8, 4) is 11.5 Å². The number of anilines is 1. The monoisotopic (exact) mass is 613 g/mol. The molecular weight excluding hydrogens is 575 g/mol. The third-order valence-electron chi connectivity index (χ3n) is 5.35. The molecule has 0 fully saturated rings. The number of rotatable bonds is 9. The molecule has 0 atom stereocenters. The van der Waals surface area contributed by atoms with Crippen molar-refractivity contribution in [3.63, 3.8) is 0 Å². The fourth-order valence-corrected chi connectivity index (χ4v) is 9.20. The van der Waals surface area contributed by atoms with Crippen molar-refractivity contribution in [1.29, 1.82) is 0 Å². The van der Waals surface area contributed by atoms with Crippen molar-refractivity contribution in [2.75, 3.05) is 24.7 Å². The molecule has 0 spiro atoms. The van der Waals surface area contributed by atoms with Crippen LogP contribution in [0.15, 0.2) is 87.5 Å². The van der Waals surface area contributed by atoms with E-state index in [-0.39, 0.29) is 0 Å². The van der Waals surface area contributed by atoms with Gasteiger partial charge in [-0.3, -0.25) is 0 Å². The highest BCUT2D eigenvalue weighted by molar-refractivity contribution is 8.33. The summed E-state index contributed by atoms with van der Waals surface area (Å²) in [6, 6.07) is 20.2. The number of hydrogen-bond acceptors (Lipinski definition) is 6. The Morgan fingerprint density at radius 3 is 1.49 bits per heavy atom. The molecule has 3 aromatic carbocycles. The van der Waals surface area contributed by atoms with E-state index in [0.29, 0.717) is 26.2 Å². The summed E-state index contributed by atoms with van der Waals surface area (Å²) in [5, 5.41) is 0. The van der Waals surface area contributed by atoms with Gasteiger partial charge in [-0.1, -0.05) is 12.1 Å². The Hall–Kier alpha value is -2.89. The second kappa shape index (κ2) is 11.8. The first-order chi connectivity index (χ1) is 18.7. The molecule has 0 N–H and O–H groups in total. The van der Waals surface area contributed by atoms with E-state index in [9.17, 15) is 21.6 Å². The van der Waals surface area contributed by atoms with E-state index in [2.05, 4.69) is 0 Å². The van der Waals surface area contributed by atoms with Gasteiger partial charge in [-0.2, -0.15) is 21.6 Å². The van der Waals surface area contributed by atoms with Crippen LogP contribution >= 0.6 is 10.3 Å². The molecule has 0 heterocycles. The zero-order valence-electron chi connectivity index (χ0n) is 24.6. The number of hydrogen-bond donors (Lipinski definition) is 0. The van der Waals surface area contributed by atoms with Crippen LogP contribution in [0.4, 0.5) is 18.9 Å². The Morgan fingerprint density at radius 2 is 1.12 bits per heavy atom. The maximum atomic E-state index is 13.5. The molecule has 41 heavy (non-hydrogen) atoms. The van der Waals surface area contributed by atoms with E-state index in [0.717, 1.165) is 5.69 Å². The number of alkyl halides is 3. The summed E-state index contributed by atoms with van der Waals surface area (Å²) in [5.41, 5.74) is -0.365. The lowest BCUT2D eigenvalue weighted by molar-refractivity contribution is -0.107. The Kier molecular flexibility index (Phi) is 9.37. The van der Waals surface area contributed by atoms with Crippen molar-refractivity contribution >= 4 is 26.1 Å². The van der Waals surface area contributed by atoms with E-state index in [1.165, 1.54) is 0 Å². The average molecular weight is 614 g/mol. The van der Waals surface area contributed by atoms with Crippen LogP contribution in [0.25, 0.3) is 0 Å². The highest BCUT2D eigenvalue weighted by Crippen LogP contribution is 2.71. The quantitative estimate of drug-likeness (QED) is 0.242. The lowest BCUT2D eigenvalue weighted by atomic mass is 10.2. The number of benzene rings is 3. The molecule has 0 saturated carbocycles. The third kappa shape index (κ3) is 9.05. The van der Waals surface area contributed by atoms with Crippen LogP contribution in [0, 0.1) is 0 Å². The van der Waals surface area contributed by atoms with E-state index in [1.54, 1.807) is 72.8 Å². The predicted octanol–water partition coefficient (Wildman–Crippen LogP) is 8.21. The zero-order chi connectivity index (χ0) is 30.9. The molecule has 0 aromatic heterocycles. The van der Waals surface area contributed by atoms with Crippen LogP contribution in [-0.2, 0) is 13.7 Å². The zero-order valence-corrected chi connectivity index (χ0v) is 26.2. The van der Waals surface area contributed by atoms with Crippen molar-refractivity contribution in [1.82, 2.24) is 0 Å². The van der Waals surface area contributed by atoms with Crippen molar-refractivity contribution in [2.45, 2.75) is 73.6 Å². The van der Waals surface area contributed by atoms with Crippen LogP contribution in [0.1, 0.15) is 41.5 Å². The molecule has 3 rings (SSSR count). The lowest BCUT2D eigenvalue weighted by Crippen LogP contribution is -2.26. The van der Waals surface area contributed by atoms with Gasteiger partial charge in [-0.25, -0.2) is 3.63 Å². The van der Waals surface area contributed by atoms with Crippen LogP contribution in [0.5, 0.6) is 11.5 Å². The molecule has 226 valence electrons. The Labute approximate surface area is 243 Å². The summed E-state index contributed by atoms with van der Waals surface area (Å²) >= 11 is 0. The first-order valence-corrected chi connectivity index (χ1v) is 16.0. The van der Waals surface area contributed by atoms with Crippen molar-refractivity contribution in [3.05, 3.63) is 72.8 Å². The summed E-state index contributed by atoms with van der Waals surface area (Å²) in [7, 11) is -4.78. The molecule has 0 bridgehead atoms. The van der Waals surface area contributed by atoms with Gasteiger partial charge in [0.2, 0.25) is 0 Å². The highest BCUT2D eigenvalue weighted by atomic mass is 32.3. The fourth-order valence-electron chi connectivity index (χ4n) is 3.98. The minimum Gasteiger partial charge on any atom is -0.488 e. The van der Waals surface area contributed by atoms with E-state index in [1.807, 2.05) is 60.5 Å². The van der Waals surface area contributed by atoms with Crippen molar-refractivity contribution in [2.24, 2.45) is 0 Å². The van der Waals surface area contributed by atoms with Gasteiger partial charge < -0.3 is 14.4 Å². The number of ether oxygens (including phenoxy) is 2. The largest absolute Gasteiger partial charge is 0.488 e. The molecule has 3 aromatic rings. The average Bonchev–Trinajstić information content (AvgIpc) is 2.79. The molecule has 11 heteroatoms. The van der Waals surface area contributed by atoms with Gasteiger partial charge in [0.1, 0.15) is 22.7 Å². The van der Waals surface area contributed by atoms with Crippen LogP contribution in [-0.4, -0.2) is 45.6 Å². The molecule has 0 aliphatic carbocycles. The van der Waals surface area contributed by atoms with E-state index < -0.39 is 43.6 Å². The fraction of sp³-hybridized carbons (Fsp3) is 0.400. The molecule has 0 saturated heterocycles. The van der Waals surface area contributed by atoms with Crippen LogP contribution in [0.2, 0.25) is 0 Å². The molecule has 0 amide bonds. The Morgan fingerprint density at radius 1 is 0.683 bits per heavy atom. The smallest absolute Gasteiger partial charge is 0.405 e. The minimum atomic E-state index is -5.14. The Bertz CT molecular complexity index is 1380. The summed E-state index contributed by atoms with van der Waals surface area (Å²) < 4.78 is 84.8. The standard InChI is InChI=1S/C30H38F3NO5S2/c1-28(2,3)37-23-11-9-13-26(19-23)41(39-40(35,36)21-30(31,32)33,25-17-15-22(16-18-25)34(7)8)27-14-10-12-24(20-27)38-29(4,5)6/h9-20H,21H2,1-8H3. The Balaban J connectivity index is 2.41. The molecule has 6 nitrogen and oxygen atoms in total. The molecule has 0 aliphatic heterocycles. The summed E-state index contributed by atoms with van der Waals surface area (Å²) in [5.74, 6) is -1.31. The van der Waals surface area contributed by atoms with Gasteiger partial charge in [-0.05, 0) is 113 Å². The van der Waals surface area contributed by atoms with Gasteiger partial charge in [0.15, 0.2) is 5.75 Å². The molecule has 0 radical (unpaired) electrons. The minimum absolute atomic E-state index is 0.343. The van der Waals surface area contributed by atoms with Gasteiger partial charge >= 0.3 is 6.18 Å². The second-order valence-electron chi connectivity index (χ2n) is 11.7. The third-order valence-corrected chi connectivity index (χ3v) is 10.5. The summed E-state index contributed by atoms with van der Waals surface area (Å²) in [6.45, 7) is 11.2. The molecule has 0 unspecified atom stereocenters. The normalized spacial score (nSPS) is 13.5. The first-order valence-electron chi connectivity index (χ1n) is 12.9. The molecular formula is C30H38F3NO5S2. The maximum Gasteiger partial charge on any atom is 0.405 e. The topological polar surface area (TPSA) is 65.1 Å². The second-order valence-corrected chi connectivity index (χ2v) is 16.2. The van der Waals surface area contributed by atoms with Crippen LogP contribution in [0.3, 0.4) is 0 Å². The summed E-state index contributed by atoms with van der Waals surface area (Å²) in [6.07, 6.45) is -5.01. The van der Waals surface area contributed by atoms with E-state index >= 15 is 0 Å². The van der Waals surface area contributed by atoms with Gasteiger partial charge in [0.25, 0.3) is 10.1 Å².